The van der Waals surface area contributed by atoms with Gasteiger partial charge in [-0.15, -0.1) is 0 Å². The summed E-state index contributed by atoms with van der Waals surface area (Å²) in [6.45, 7) is 4.33. The molecule has 0 saturated carbocycles. The summed E-state index contributed by atoms with van der Waals surface area (Å²) >= 11 is 3.52. The zero-order valence-corrected chi connectivity index (χ0v) is 13.0. The van der Waals surface area contributed by atoms with Crippen LogP contribution in [0.2, 0.25) is 0 Å². The number of hydrogen-bond acceptors (Lipinski definition) is 2. The van der Waals surface area contributed by atoms with Crippen LogP contribution >= 0.6 is 15.9 Å². The van der Waals surface area contributed by atoms with E-state index in [-0.39, 0.29) is 0 Å². The van der Waals surface area contributed by atoms with Gasteiger partial charge in [0.2, 0.25) is 0 Å². The summed E-state index contributed by atoms with van der Waals surface area (Å²) in [5.41, 5.74) is 0.961. The molecule has 0 aliphatic carbocycles. The Labute approximate surface area is 118 Å². The number of aliphatic hydroxyl groups excluding tert-OH is 1. The summed E-state index contributed by atoms with van der Waals surface area (Å²) in [5, 5.41) is 10.5. The van der Waals surface area contributed by atoms with Gasteiger partial charge in [-0.05, 0) is 36.5 Å². The third-order valence-electron chi connectivity index (χ3n) is 3.29. The SMILES string of the molecule is CCCC(CCC)C(O)c1ccc(OC)cc1Br. The molecule has 1 aromatic carbocycles. The molecule has 0 radical (unpaired) electrons. The Kier molecular flexibility index (Phi) is 6.72. The number of aliphatic hydroxyl groups is 1. The smallest absolute Gasteiger partial charge is 0.120 e. The number of benzene rings is 1. The quantitative estimate of drug-likeness (QED) is 0.790. The van der Waals surface area contributed by atoms with Crippen molar-refractivity contribution in [3.63, 3.8) is 0 Å². The summed E-state index contributed by atoms with van der Waals surface area (Å²) in [6, 6.07) is 5.76. The molecule has 0 aromatic heterocycles. The highest BCUT2D eigenvalue weighted by atomic mass is 79.9. The maximum absolute atomic E-state index is 10.5. The van der Waals surface area contributed by atoms with E-state index in [2.05, 4.69) is 29.8 Å². The lowest BCUT2D eigenvalue weighted by Crippen LogP contribution is -2.13. The van der Waals surface area contributed by atoms with E-state index in [9.17, 15) is 5.11 Å². The van der Waals surface area contributed by atoms with Gasteiger partial charge in [0.1, 0.15) is 5.75 Å². The lowest BCUT2D eigenvalue weighted by Gasteiger charge is -2.23. The van der Waals surface area contributed by atoms with Crippen molar-refractivity contribution in [3.05, 3.63) is 28.2 Å². The first kappa shape index (κ1) is 15.5. The fraction of sp³-hybridized carbons (Fsp3) is 0.600. The second-order valence-electron chi connectivity index (χ2n) is 4.67. The van der Waals surface area contributed by atoms with E-state index < -0.39 is 6.10 Å². The number of halogens is 1. The normalized spacial score (nSPS) is 12.8. The Balaban J connectivity index is 2.89. The Bertz CT molecular complexity index is 360. The van der Waals surface area contributed by atoms with Crippen LogP contribution in [0.4, 0.5) is 0 Å². The molecule has 0 aliphatic heterocycles. The molecular formula is C15H23BrO2. The topological polar surface area (TPSA) is 29.5 Å². The van der Waals surface area contributed by atoms with E-state index in [1.54, 1.807) is 7.11 Å². The summed E-state index contributed by atoms with van der Waals surface area (Å²) < 4.78 is 6.10. The number of methoxy groups -OCH3 is 1. The van der Waals surface area contributed by atoms with Crippen molar-refractivity contribution in [1.29, 1.82) is 0 Å². The first-order valence-electron chi connectivity index (χ1n) is 6.65. The molecule has 0 saturated heterocycles. The Morgan fingerprint density at radius 2 is 1.83 bits per heavy atom. The van der Waals surface area contributed by atoms with Crippen LogP contribution in [-0.4, -0.2) is 12.2 Å². The van der Waals surface area contributed by atoms with E-state index in [1.165, 1.54) is 0 Å². The molecule has 1 unspecified atom stereocenters. The Morgan fingerprint density at radius 3 is 2.28 bits per heavy atom. The zero-order valence-electron chi connectivity index (χ0n) is 11.4. The lowest BCUT2D eigenvalue weighted by molar-refractivity contribution is 0.0958. The molecule has 0 spiro atoms. The minimum absolute atomic E-state index is 0.338. The number of hydrogen-bond donors (Lipinski definition) is 1. The van der Waals surface area contributed by atoms with Gasteiger partial charge in [-0.3, -0.25) is 0 Å². The first-order chi connectivity index (χ1) is 8.63. The minimum Gasteiger partial charge on any atom is -0.497 e. The summed E-state index contributed by atoms with van der Waals surface area (Å²) in [5.74, 6) is 1.14. The first-order valence-corrected chi connectivity index (χ1v) is 7.44. The Hall–Kier alpha value is -0.540. The highest BCUT2D eigenvalue weighted by Gasteiger charge is 2.21. The molecule has 18 heavy (non-hydrogen) atoms. The summed E-state index contributed by atoms with van der Waals surface area (Å²) in [6.07, 6.45) is 3.94. The molecule has 1 atom stereocenters. The van der Waals surface area contributed by atoms with Crippen molar-refractivity contribution in [2.24, 2.45) is 5.92 Å². The van der Waals surface area contributed by atoms with Gasteiger partial charge in [-0.1, -0.05) is 48.7 Å². The molecule has 1 rings (SSSR count). The summed E-state index contributed by atoms with van der Waals surface area (Å²) in [4.78, 5) is 0. The van der Waals surface area contributed by atoms with Crippen LogP contribution in [0.3, 0.4) is 0 Å². The van der Waals surface area contributed by atoms with Crippen molar-refractivity contribution in [3.8, 4) is 5.75 Å². The van der Waals surface area contributed by atoms with Gasteiger partial charge in [0.25, 0.3) is 0 Å². The van der Waals surface area contributed by atoms with Crippen molar-refractivity contribution in [1.82, 2.24) is 0 Å². The molecule has 102 valence electrons. The molecule has 0 fully saturated rings. The largest absolute Gasteiger partial charge is 0.497 e. The second-order valence-corrected chi connectivity index (χ2v) is 5.52. The molecule has 0 amide bonds. The molecule has 1 N–H and O–H groups in total. The van der Waals surface area contributed by atoms with Crippen LogP contribution in [0.15, 0.2) is 22.7 Å². The van der Waals surface area contributed by atoms with Gasteiger partial charge < -0.3 is 9.84 Å². The standard InChI is InChI=1S/C15H23BrO2/c1-4-6-11(7-5-2)15(17)13-9-8-12(18-3)10-14(13)16/h8-11,15,17H,4-7H2,1-3H3. The predicted octanol–water partition coefficient (Wildman–Crippen LogP) is 4.71. The molecule has 1 aromatic rings. The van der Waals surface area contributed by atoms with Crippen molar-refractivity contribution in [2.75, 3.05) is 7.11 Å². The van der Waals surface area contributed by atoms with E-state index in [1.807, 2.05) is 18.2 Å². The van der Waals surface area contributed by atoms with Crippen molar-refractivity contribution in [2.45, 2.75) is 45.6 Å². The Morgan fingerprint density at radius 1 is 1.22 bits per heavy atom. The van der Waals surface area contributed by atoms with Crippen LogP contribution in [-0.2, 0) is 0 Å². The van der Waals surface area contributed by atoms with Crippen LogP contribution in [0.25, 0.3) is 0 Å². The van der Waals surface area contributed by atoms with Crippen molar-refractivity contribution >= 4 is 15.9 Å². The zero-order chi connectivity index (χ0) is 13.5. The van der Waals surface area contributed by atoms with Gasteiger partial charge >= 0.3 is 0 Å². The number of ether oxygens (including phenoxy) is 1. The molecule has 0 heterocycles. The third kappa shape index (κ3) is 3.99. The highest BCUT2D eigenvalue weighted by molar-refractivity contribution is 9.10. The number of rotatable bonds is 7. The van der Waals surface area contributed by atoms with Crippen LogP contribution in [0, 0.1) is 5.92 Å². The van der Waals surface area contributed by atoms with Gasteiger partial charge in [0.15, 0.2) is 0 Å². The van der Waals surface area contributed by atoms with Crippen LogP contribution in [0.5, 0.6) is 5.75 Å². The average Bonchev–Trinajstić information content (AvgIpc) is 2.37. The van der Waals surface area contributed by atoms with Gasteiger partial charge in [-0.2, -0.15) is 0 Å². The summed E-state index contributed by atoms with van der Waals surface area (Å²) in [7, 11) is 1.65. The maximum Gasteiger partial charge on any atom is 0.120 e. The predicted molar refractivity (Wildman–Crippen MR) is 79.0 cm³/mol. The van der Waals surface area contributed by atoms with Crippen molar-refractivity contribution < 1.29 is 9.84 Å². The highest BCUT2D eigenvalue weighted by Crippen LogP contribution is 2.35. The van der Waals surface area contributed by atoms with Gasteiger partial charge in [0, 0.05) is 4.47 Å². The fourth-order valence-electron chi connectivity index (χ4n) is 2.33. The lowest BCUT2D eigenvalue weighted by atomic mass is 9.88. The van der Waals surface area contributed by atoms with Crippen LogP contribution < -0.4 is 4.74 Å². The van der Waals surface area contributed by atoms with Gasteiger partial charge in [-0.25, -0.2) is 0 Å². The molecule has 3 heteroatoms. The van der Waals surface area contributed by atoms with E-state index in [4.69, 9.17) is 4.74 Å². The molecular weight excluding hydrogens is 292 g/mol. The maximum atomic E-state index is 10.5. The van der Waals surface area contributed by atoms with E-state index in [0.717, 1.165) is 41.5 Å². The van der Waals surface area contributed by atoms with Crippen LogP contribution in [0.1, 0.15) is 51.2 Å². The monoisotopic (exact) mass is 314 g/mol. The second kappa shape index (κ2) is 7.80. The van der Waals surface area contributed by atoms with Gasteiger partial charge in [0.05, 0.1) is 13.2 Å². The molecule has 0 bridgehead atoms. The fourth-order valence-corrected chi connectivity index (χ4v) is 2.92. The molecule has 2 nitrogen and oxygen atoms in total. The molecule has 0 aliphatic rings. The van der Waals surface area contributed by atoms with E-state index >= 15 is 0 Å². The third-order valence-corrected chi connectivity index (χ3v) is 3.98. The average molecular weight is 315 g/mol. The minimum atomic E-state index is -0.398. The van der Waals surface area contributed by atoms with E-state index in [0.29, 0.717) is 5.92 Å².